The number of thiazole rings is 1. The number of hydrogen-bond donors (Lipinski definition) is 1. The SMILES string of the molecule is COc1cc(C)ccc1OCC(=O)NCc1sc(-c2ccccc2Cl)nc1C. The lowest BCUT2D eigenvalue weighted by molar-refractivity contribution is -0.123. The molecule has 0 fully saturated rings. The van der Waals surface area contributed by atoms with Crippen LogP contribution in [0, 0.1) is 13.8 Å². The maximum absolute atomic E-state index is 12.2. The smallest absolute Gasteiger partial charge is 0.258 e. The first-order valence-electron chi connectivity index (χ1n) is 8.73. The van der Waals surface area contributed by atoms with Crippen molar-refractivity contribution in [1.82, 2.24) is 10.3 Å². The number of rotatable bonds is 7. The number of methoxy groups -OCH3 is 1. The van der Waals surface area contributed by atoms with E-state index in [-0.39, 0.29) is 12.5 Å². The van der Waals surface area contributed by atoms with E-state index in [1.807, 2.05) is 50.2 Å². The Morgan fingerprint density at radius 2 is 1.96 bits per heavy atom. The van der Waals surface area contributed by atoms with Gasteiger partial charge in [0.25, 0.3) is 5.91 Å². The molecule has 0 saturated carbocycles. The molecule has 0 aliphatic heterocycles. The molecule has 0 atom stereocenters. The highest BCUT2D eigenvalue weighted by atomic mass is 35.5. The molecule has 3 rings (SSSR count). The predicted octanol–water partition coefficient (Wildman–Crippen LogP) is 4.78. The lowest BCUT2D eigenvalue weighted by Crippen LogP contribution is -2.28. The van der Waals surface area contributed by atoms with Gasteiger partial charge in [0.1, 0.15) is 5.01 Å². The van der Waals surface area contributed by atoms with Crippen LogP contribution in [0.4, 0.5) is 0 Å². The number of carbonyl (C=O) groups is 1. The summed E-state index contributed by atoms with van der Waals surface area (Å²) >= 11 is 7.77. The van der Waals surface area contributed by atoms with E-state index in [2.05, 4.69) is 10.3 Å². The zero-order valence-electron chi connectivity index (χ0n) is 15.9. The molecule has 28 heavy (non-hydrogen) atoms. The molecule has 0 aliphatic carbocycles. The van der Waals surface area contributed by atoms with Crippen molar-refractivity contribution in [2.24, 2.45) is 0 Å². The van der Waals surface area contributed by atoms with Crippen molar-refractivity contribution in [2.45, 2.75) is 20.4 Å². The fraction of sp³-hybridized carbons (Fsp3) is 0.238. The molecule has 0 spiro atoms. The number of ether oxygens (including phenoxy) is 2. The highest BCUT2D eigenvalue weighted by Crippen LogP contribution is 2.32. The molecule has 1 heterocycles. The van der Waals surface area contributed by atoms with Gasteiger partial charge in [-0.25, -0.2) is 4.98 Å². The summed E-state index contributed by atoms with van der Waals surface area (Å²) in [5.74, 6) is 0.934. The second-order valence-corrected chi connectivity index (χ2v) is 7.72. The third-order valence-corrected chi connectivity index (χ3v) is 5.64. The summed E-state index contributed by atoms with van der Waals surface area (Å²) in [6.07, 6.45) is 0. The van der Waals surface area contributed by atoms with E-state index in [9.17, 15) is 4.79 Å². The average Bonchev–Trinajstić information content (AvgIpc) is 3.06. The van der Waals surface area contributed by atoms with Crippen molar-refractivity contribution in [2.75, 3.05) is 13.7 Å². The Balaban J connectivity index is 1.59. The van der Waals surface area contributed by atoms with Gasteiger partial charge >= 0.3 is 0 Å². The molecule has 3 aromatic rings. The lowest BCUT2D eigenvalue weighted by atomic mass is 10.2. The van der Waals surface area contributed by atoms with Crippen LogP contribution in [-0.4, -0.2) is 24.6 Å². The first-order valence-corrected chi connectivity index (χ1v) is 9.92. The Hall–Kier alpha value is -2.57. The van der Waals surface area contributed by atoms with Crippen LogP contribution < -0.4 is 14.8 Å². The van der Waals surface area contributed by atoms with Crippen molar-refractivity contribution < 1.29 is 14.3 Å². The highest BCUT2D eigenvalue weighted by Gasteiger charge is 2.13. The monoisotopic (exact) mass is 416 g/mol. The van der Waals surface area contributed by atoms with E-state index in [1.165, 1.54) is 11.3 Å². The molecule has 0 radical (unpaired) electrons. The summed E-state index contributed by atoms with van der Waals surface area (Å²) in [7, 11) is 1.57. The first-order chi connectivity index (χ1) is 13.5. The zero-order valence-corrected chi connectivity index (χ0v) is 17.5. The Kier molecular flexibility index (Phi) is 6.54. The van der Waals surface area contributed by atoms with Gasteiger partial charge in [0.05, 0.1) is 24.4 Å². The van der Waals surface area contributed by atoms with Crippen molar-refractivity contribution in [3.63, 3.8) is 0 Å². The molecule has 0 unspecified atom stereocenters. The number of hydrogen-bond acceptors (Lipinski definition) is 5. The number of amides is 1. The van der Waals surface area contributed by atoms with Crippen molar-refractivity contribution in [3.05, 3.63) is 63.6 Å². The quantitative estimate of drug-likeness (QED) is 0.601. The van der Waals surface area contributed by atoms with Crippen LogP contribution in [0.15, 0.2) is 42.5 Å². The molecule has 2 aromatic carbocycles. The van der Waals surface area contributed by atoms with Gasteiger partial charge in [-0.2, -0.15) is 0 Å². The van der Waals surface area contributed by atoms with E-state index >= 15 is 0 Å². The molecular formula is C21H21ClN2O3S. The fourth-order valence-corrected chi connectivity index (χ4v) is 3.93. The third-order valence-electron chi connectivity index (χ3n) is 4.12. The molecule has 146 valence electrons. The maximum Gasteiger partial charge on any atom is 0.258 e. The summed E-state index contributed by atoms with van der Waals surface area (Å²) in [5, 5.41) is 4.37. The second-order valence-electron chi connectivity index (χ2n) is 6.23. The molecule has 1 aromatic heterocycles. The fourth-order valence-electron chi connectivity index (χ4n) is 2.61. The number of nitrogens with one attached hydrogen (secondary N) is 1. The third kappa shape index (κ3) is 4.82. The Labute approximate surface area is 173 Å². The van der Waals surface area contributed by atoms with E-state index in [4.69, 9.17) is 21.1 Å². The Morgan fingerprint density at radius 1 is 1.18 bits per heavy atom. The van der Waals surface area contributed by atoms with Gasteiger partial charge in [-0.3, -0.25) is 4.79 Å². The predicted molar refractivity (Wildman–Crippen MR) is 112 cm³/mol. The van der Waals surface area contributed by atoms with Gasteiger partial charge in [-0.05, 0) is 37.6 Å². The number of halogens is 1. The summed E-state index contributed by atoms with van der Waals surface area (Å²) < 4.78 is 10.9. The molecule has 7 heteroatoms. The van der Waals surface area contributed by atoms with Gasteiger partial charge in [0.2, 0.25) is 0 Å². The van der Waals surface area contributed by atoms with Crippen LogP contribution in [0.3, 0.4) is 0 Å². The summed E-state index contributed by atoms with van der Waals surface area (Å²) in [4.78, 5) is 17.7. The minimum absolute atomic E-state index is 0.0886. The number of carbonyl (C=O) groups excluding carboxylic acids is 1. The average molecular weight is 417 g/mol. The Morgan fingerprint density at radius 3 is 2.71 bits per heavy atom. The molecule has 1 amide bonds. The first kappa shape index (κ1) is 20.2. The number of nitrogens with zero attached hydrogens (tertiary/aromatic N) is 1. The van der Waals surface area contributed by atoms with Crippen LogP contribution in [0.1, 0.15) is 16.1 Å². The van der Waals surface area contributed by atoms with E-state index in [0.717, 1.165) is 26.7 Å². The maximum atomic E-state index is 12.2. The Bertz CT molecular complexity index is 988. The van der Waals surface area contributed by atoms with Crippen LogP contribution in [-0.2, 0) is 11.3 Å². The topological polar surface area (TPSA) is 60.5 Å². The van der Waals surface area contributed by atoms with Crippen molar-refractivity contribution in [1.29, 1.82) is 0 Å². The summed E-state index contributed by atoms with van der Waals surface area (Å²) in [6, 6.07) is 13.2. The van der Waals surface area contributed by atoms with Crippen LogP contribution >= 0.6 is 22.9 Å². The normalized spacial score (nSPS) is 10.6. The van der Waals surface area contributed by atoms with E-state index in [1.54, 1.807) is 13.2 Å². The number of benzene rings is 2. The largest absolute Gasteiger partial charge is 0.493 e. The number of aromatic nitrogens is 1. The van der Waals surface area contributed by atoms with Gasteiger partial charge in [0.15, 0.2) is 18.1 Å². The zero-order chi connectivity index (χ0) is 20.1. The molecule has 1 N–H and O–H groups in total. The van der Waals surface area contributed by atoms with E-state index in [0.29, 0.717) is 23.1 Å². The van der Waals surface area contributed by atoms with E-state index < -0.39 is 0 Å². The minimum atomic E-state index is -0.213. The van der Waals surface area contributed by atoms with Gasteiger partial charge in [-0.15, -0.1) is 11.3 Å². The van der Waals surface area contributed by atoms with Crippen molar-refractivity contribution >= 4 is 28.8 Å². The van der Waals surface area contributed by atoms with Crippen molar-refractivity contribution in [3.8, 4) is 22.1 Å². The highest BCUT2D eigenvalue weighted by molar-refractivity contribution is 7.15. The molecular weight excluding hydrogens is 396 g/mol. The van der Waals surface area contributed by atoms with Crippen LogP contribution in [0.25, 0.3) is 10.6 Å². The van der Waals surface area contributed by atoms with Gasteiger partial charge in [-0.1, -0.05) is 35.9 Å². The molecule has 5 nitrogen and oxygen atoms in total. The number of aryl methyl sites for hydroxylation is 2. The van der Waals surface area contributed by atoms with Crippen LogP contribution in [0.2, 0.25) is 5.02 Å². The second kappa shape index (κ2) is 9.08. The standard InChI is InChI=1S/C21H21ClN2O3S/c1-13-8-9-17(18(10-13)26-3)27-12-20(25)23-11-19-14(2)24-21(28-19)15-6-4-5-7-16(15)22/h4-10H,11-12H2,1-3H3,(H,23,25). The molecule has 0 aliphatic rings. The van der Waals surface area contributed by atoms with Gasteiger partial charge in [0, 0.05) is 10.4 Å². The molecule has 0 bridgehead atoms. The van der Waals surface area contributed by atoms with Crippen LogP contribution in [0.5, 0.6) is 11.5 Å². The summed E-state index contributed by atoms with van der Waals surface area (Å²) in [5.41, 5.74) is 2.83. The van der Waals surface area contributed by atoms with Gasteiger partial charge < -0.3 is 14.8 Å². The lowest BCUT2D eigenvalue weighted by Gasteiger charge is -2.11. The minimum Gasteiger partial charge on any atom is -0.493 e. The summed E-state index contributed by atoms with van der Waals surface area (Å²) in [6.45, 7) is 4.19. The molecule has 0 saturated heterocycles.